The van der Waals surface area contributed by atoms with E-state index < -0.39 is 5.54 Å². The van der Waals surface area contributed by atoms with E-state index in [0.717, 1.165) is 0 Å². The number of nitrogens with zero attached hydrogens (tertiary/aromatic N) is 1. The predicted octanol–water partition coefficient (Wildman–Crippen LogP) is 2.39. The summed E-state index contributed by atoms with van der Waals surface area (Å²) < 4.78 is 0. The van der Waals surface area contributed by atoms with E-state index in [4.69, 9.17) is 5.73 Å². The van der Waals surface area contributed by atoms with Gasteiger partial charge >= 0.3 is 0 Å². The molecule has 0 heterocycles. The molecule has 0 radical (unpaired) electrons. The average Bonchev–Trinajstić information content (AvgIpc) is 2.19. The van der Waals surface area contributed by atoms with Gasteiger partial charge in [0.2, 0.25) is 5.91 Å². The monoisotopic (exact) mass is 248 g/mol. The number of benzene rings is 1. The molecule has 1 amide bonds. The van der Waals surface area contributed by atoms with Crippen molar-refractivity contribution in [2.24, 2.45) is 5.73 Å². The van der Waals surface area contributed by atoms with Gasteiger partial charge in [0.25, 0.3) is 0 Å². The van der Waals surface area contributed by atoms with Crippen molar-refractivity contribution >= 4 is 5.91 Å². The van der Waals surface area contributed by atoms with E-state index in [2.05, 4.69) is 32.0 Å². The van der Waals surface area contributed by atoms with Crippen molar-refractivity contribution in [2.75, 3.05) is 7.05 Å². The van der Waals surface area contributed by atoms with Crippen LogP contribution < -0.4 is 5.73 Å². The topological polar surface area (TPSA) is 46.3 Å². The van der Waals surface area contributed by atoms with Gasteiger partial charge < -0.3 is 10.6 Å². The summed E-state index contributed by atoms with van der Waals surface area (Å²) in [4.78, 5) is 13.7. The smallest absolute Gasteiger partial charge is 0.224 e. The molecule has 1 rings (SSSR count). The second-order valence-corrected chi connectivity index (χ2v) is 5.85. The van der Waals surface area contributed by atoms with Crippen LogP contribution in [0.15, 0.2) is 18.2 Å². The zero-order chi connectivity index (χ0) is 13.9. The van der Waals surface area contributed by atoms with E-state index in [1.165, 1.54) is 16.7 Å². The van der Waals surface area contributed by atoms with E-state index >= 15 is 0 Å². The number of rotatable bonds is 4. The lowest BCUT2D eigenvalue weighted by atomic mass is 10.0. The first-order valence-corrected chi connectivity index (χ1v) is 6.28. The molecule has 2 N–H and O–H groups in total. The molecule has 3 heteroatoms. The molecule has 0 aliphatic heterocycles. The van der Waals surface area contributed by atoms with E-state index in [0.29, 0.717) is 13.0 Å². The zero-order valence-electron chi connectivity index (χ0n) is 12.1. The fourth-order valence-corrected chi connectivity index (χ4v) is 1.89. The average molecular weight is 248 g/mol. The summed E-state index contributed by atoms with van der Waals surface area (Å²) in [6.45, 7) is 8.53. The maximum Gasteiger partial charge on any atom is 0.224 e. The maximum absolute atomic E-state index is 12.0. The van der Waals surface area contributed by atoms with Gasteiger partial charge in [0.1, 0.15) is 0 Å². The highest BCUT2D eigenvalue weighted by Gasteiger charge is 2.19. The second-order valence-electron chi connectivity index (χ2n) is 5.85. The lowest BCUT2D eigenvalue weighted by Crippen LogP contribution is -2.39. The van der Waals surface area contributed by atoms with Crippen LogP contribution in [0.1, 0.15) is 37.0 Å². The van der Waals surface area contributed by atoms with Crippen LogP contribution in [0.25, 0.3) is 0 Å². The first kappa shape index (κ1) is 14.7. The van der Waals surface area contributed by atoms with Crippen LogP contribution in [-0.2, 0) is 11.3 Å². The van der Waals surface area contributed by atoms with Crippen LogP contribution in [0.4, 0.5) is 0 Å². The van der Waals surface area contributed by atoms with Gasteiger partial charge in [-0.05, 0) is 38.8 Å². The SMILES string of the molecule is Cc1ccc(CN(C)C(=O)CC(C)(C)N)c(C)c1. The van der Waals surface area contributed by atoms with Crippen LogP contribution in [0, 0.1) is 13.8 Å². The molecule has 3 nitrogen and oxygen atoms in total. The highest BCUT2D eigenvalue weighted by molar-refractivity contribution is 5.77. The molecule has 0 atom stereocenters. The molecule has 0 aromatic heterocycles. The number of nitrogens with two attached hydrogens (primary N) is 1. The van der Waals surface area contributed by atoms with Crippen LogP contribution in [0.5, 0.6) is 0 Å². The Morgan fingerprint density at radius 2 is 1.94 bits per heavy atom. The van der Waals surface area contributed by atoms with E-state index in [1.807, 2.05) is 20.9 Å². The van der Waals surface area contributed by atoms with Crippen molar-refractivity contribution in [2.45, 2.75) is 46.2 Å². The van der Waals surface area contributed by atoms with Gasteiger partial charge in [0.05, 0.1) is 0 Å². The number of carbonyl (C=O) groups excluding carboxylic acids is 1. The van der Waals surface area contributed by atoms with Crippen molar-refractivity contribution in [1.29, 1.82) is 0 Å². The van der Waals surface area contributed by atoms with Crippen LogP contribution >= 0.6 is 0 Å². The molecule has 18 heavy (non-hydrogen) atoms. The van der Waals surface area contributed by atoms with Crippen LogP contribution in [0.3, 0.4) is 0 Å². The second kappa shape index (κ2) is 5.53. The summed E-state index contributed by atoms with van der Waals surface area (Å²) in [7, 11) is 1.83. The number of hydrogen-bond donors (Lipinski definition) is 1. The summed E-state index contributed by atoms with van der Waals surface area (Å²) in [5.41, 5.74) is 9.07. The Kier molecular flexibility index (Phi) is 4.52. The van der Waals surface area contributed by atoms with Crippen LogP contribution in [0.2, 0.25) is 0 Å². The molecule has 1 aromatic rings. The molecule has 0 spiro atoms. The molecule has 0 fully saturated rings. The third-order valence-electron chi connectivity index (χ3n) is 2.94. The van der Waals surface area contributed by atoms with Crippen LogP contribution in [-0.4, -0.2) is 23.4 Å². The number of hydrogen-bond acceptors (Lipinski definition) is 2. The summed E-state index contributed by atoms with van der Waals surface area (Å²) in [5.74, 6) is 0.0856. The summed E-state index contributed by atoms with van der Waals surface area (Å²) in [6, 6.07) is 6.30. The number of aryl methyl sites for hydroxylation is 2. The molecule has 0 unspecified atom stereocenters. The molecular formula is C15H24N2O. The zero-order valence-corrected chi connectivity index (χ0v) is 12.1. The summed E-state index contributed by atoms with van der Waals surface area (Å²) in [5, 5.41) is 0. The van der Waals surface area contributed by atoms with E-state index in [1.54, 1.807) is 4.90 Å². The lowest BCUT2D eigenvalue weighted by molar-refractivity contribution is -0.131. The first-order valence-electron chi connectivity index (χ1n) is 6.28. The Balaban J connectivity index is 2.69. The highest BCUT2D eigenvalue weighted by Crippen LogP contribution is 2.14. The Morgan fingerprint density at radius 3 is 2.44 bits per heavy atom. The number of amides is 1. The van der Waals surface area contributed by atoms with Gasteiger partial charge in [-0.15, -0.1) is 0 Å². The third kappa shape index (κ3) is 4.49. The fraction of sp³-hybridized carbons (Fsp3) is 0.533. The lowest BCUT2D eigenvalue weighted by Gasteiger charge is -2.24. The normalized spacial score (nSPS) is 11.4. The molecule has 0 saturated heterocycles. The maximum atomic E-state index is 12.0. The largest absolute Gasteiger partial charge is 0.341 e. The van der Waals surface area contributed by atoms with E-state index in [9.17, 15) is 4.79 Å². The van der Waals surface area contributed by atoms with Gasteiger partial charge in [-0.3, -0.25) is 4.79 Å². The summed E-state index contributed by atoms with van der Waals surface area (Å²) >= 11 is 0. The van der Waals surface area contributed by atoms with Crippen molar-refractivity contribution < 1.29 is 4.79 Å². The Morgan fingerprint density at radius 1 is 1.33 bits per heavy atom. The number of carbonyl (C=O) groups is 1. The van der Waals surface area contributed by atoms with E-state index in [-0.39, 0.29) is 5.91 Å². The van der Waals surface area contributed by atoms with Gasteiger partial charge in [-0.2, -0.15) is 0 Å². The van der Waals surface area contributed by atoms with Gasteiger partial charge in [-0.25, -0.2) is 0 Å². The minimum absolute atomic E-state index is 0.0856. The molecule has 0 saturated carbocycles. The van der Waals surface area contributed by atoms with Crippen molar-refractivity contribution in [3.8, 4) is 0 Å². The molecule has 100 valence electrons. The first-order chi connectivity index (χ1) is 8.19. The highest BCUT2D eigenvalue weighted by atomic mass is 16.2. The quantitative estimate of drug-likeness (QED) is 0.889. The minimum atomic E-state index is -0.451. The molecule has 0 aliphatic carbocycles. The van der Waals surface area contributed by atoms with Gasteiger partial charge in [0.15, 0.2) is 0 Å². The van der Waals surface area contributed by atoms with Crippen molar-refractivity contribution in [3.05, 3.63) is 34.9 Å². The fourth-order valence-electron chi connectivity index (χ4n) is 1.89. The Hall–Kier alpha value is -1.35. The summed E-state index contributed by atoms with van der Waals surface area (Å²) in [6.07, 6.45) is 0.369. The molecule has 0 aliphatic rings. The predicted molar refractivity (Wildman–Crippen MR) is 75.3 cm³/mol. The van der Waals surface area contributed by atoms with Crippen molar-refractivity contribution in [3.63, 3.8) is 0 Å². The molecule has 1 aromatic carbocycles. The standard InChI is InChI=1S/C15H24N2O/c1-11-6-7-13(12(2)8-11)10-17(5)14(18)9-15(3,4)16/h6-8H,9-10,16H2,1-5H3. The third-order valence-corrected chi connectivity index (χ3v) is 2.94. The minimum Gasteiger partial charge on any atom is -0.341 e. The molecular weight excluding hydrogens is 224 g/mol. The van der Waals surface area contributed by atoms with Crippen molar-refractivity contribution in [1.82, 2.24) is 4.90 Å². The Labute approximate surface area is 110 Å². The Bertz CT molecular complexity index is 433. The molecule has 0 bridgehead atoms. The van der Waals surface area contributed by atoms with Gasteiger partial charge in [-0.1, -0.05) is 23.8 Å². The van der Waals surface area contributed by atoms with Gasteiger partial charge in [0, 0.05) is 25.6 Å².